The molecule has 2 fully saturated rings. The van der Waals surface area contributed by atoms with E-state index in [1.54, 1.807) is 0 Å². The van der Waals surface area contributed by atoms with E-state index in [1.165, 1.54) is 42.7 Å². The lowest BCUT2D eigenvalue weighted by Crippen LogP contribution is -2.11. The van der Waals surface area contributed by atoms with E-state index in [9.17, 15) is 0 Å². The molecule has 4 heteroatoms. The maximum atomic E-state index is 4.86. The van der Waals surface area contributed by atoms with Gasteiger partial charge in [-0.05, 0) is 38.5 Å². The van der Waals surface area contributed by atoms with Crippen molar-refractivity contribution in [3.05, 3.63) is 23.3 Å². The molecule has 1 aliphatic heterocycles. The zero-order valence-corrected chi connectivity index (χ0v) is 11.1. The Labute approximate surface area is 107 Å². The molecule has 0 radical (unpaired) electrons. The van der Waals surface area contributed by atoms with Crippen molar-refractivity contribution in [2.24, 2.45) is 0 Å². The van der Waals surface area contributed by atoms with E-state index in [0.717, 1.165) is 12.4 Å². The second kappa shape index (κ2) is 4.94. The van der Waals surface area contributed by atoms with Gasteiger partial charge in [-0.2, -0.15) is 11.8 Å². The zero-order chi connectivity index (χ0) is 11.7. The van der Waals surface area contributed by atoms with Crippen LogP contribution in [0.2, 0.25) is 0 Å². The summed E-state index contributed by atoms with van der Waals surface area (Å²) in [6.07, 6.45) is 7.23. The molecule has 1 saturated heterocycles. The second-order valence-electron chi connectivity index (χ2n) is 4.94. The van der Waals surface area contributed by atoms with E-state index >= 15 is 0 Å². The minimum absolute atomic E-state index is 0.552. The highest BCUT2D eigenvalue weighted by molar-refractivity contribution is 7.99. The van der Waals surface area contributed by atoms with Crippen LogP contribution in [0, 0.1) is 0 Å². The van der Waals surface area contributed by atoms with Crippen LogP contribution >= 0.6 is 11.8 Å². The highest BCUT2D eigenvalue weighted by atomic mass is 32.2. The van der Waals surface area contributed by atoms with Crippen molar-refractivity contribution in [2.75, 3.05) is 12.8 Å². The van der Waals surface area contributed by atoms with Crippen LogP contribution in [-0.2, 0) is 6.54 Å². The second-order valence-corrected chi connectivity index (χ2v) is 6.26. The van der Waals surface area contributed by atoms with Crippen molar-refractivity contribution >= 4 is 11.8 Å². The first kappa shape index (κ1) is 11.5. The first-order valence-electron chi connectivity index (χ1n) is 6.50. The summed E-state index contributed by atoms with van der Waals surface area (Å²) >= 11 is 2.01. The maximum Gasteiger partial charge on any atom is 0.141 e. The van der Waals surface area contributed by atoms with Gasteiger partial charge >= 0.3 is 0 Å². The van der Waals surface area contributed by atoms with Crippen LogP contribution in [0.4, 0.5) is 0 Å². The zero-order valence-electron chi connectivity index (χ0n) is 10.3. The number of aromatic nitrogens is 2. The van der Waals surface area contributed by atoms with E-state index in [0.29, 0.717) is 11.2 Å². The number of nitrogens with one attached hydrogen (secondary N) is 1. The molecule has 0 spiro atoms. The Balaban J connectivity index is 1.88. The van der Waals surface area contributed by atoms with Crippen LogP contribution < -0.4 is 5.32 Å². The fraction of sp³-hybridized carbons (Fsp3) is 0.692. The largest absolute Gasteiger partial charge is 0.316 e. The molecular weight excluding hydrogens is 230 g/mol. The number of hydrogen-bond donors (Lipinski definition) is 1. The summed E-state index contributed by atoms with van der Waals surface area (Å²) in [5.74, 6) is 3.06. The van der Waals surface area contributed by atoms with Crippen LogP contribution in [0.5, 0.6) is 0 Å². The minimum atomic E-state index is 0.552. The fourth-order valence-electron chi connectivity index (χ4n) is 2.41. The Hall–Kier alpha value is -0.610. The Morgan fingerprint density at radius 2 is 2.29 bits per heavy atom. The van der Waals surface area contributed by atoms with Gasteiger partial charge in [0.2, 0.25) is 0 Å². The summed E-state index contributed by atoms with van der Waals surface area (Å²) in [6.45, 7) is 0.893. The van der Waals surface area contributed by atoms with Gasteiger partial charge in [-0.1, -0.05) is 0 Å². The van der Waals surface area contributed by atoms with E-state index in [2.05, 4.69) is 10.3 Å². The molecule has 0 aromatic carbocycles. The van der Waals surface area contributed by atoms with Crippen molar-refractivity contribution in [1.29, 1.82) is 0 Å². The molecular formula is C13H19N3S. The van der Waals surface area contributed by atoms with Crippen LogP contribution in [-0.4, -0.2) is 22.8 Å². The molecule has 0 bridgehead atoms. The molecule has 2 heterocycles. The number of nitrogens with zero attached hydrogens (tertiary/aromatic N) is 2. The highest BCUT2D eigenvalue weighted by Crippen LogP contribution is 2.43. The van der Waals surface area contributed by atoms with Crippen molar-refractivity contribution in [3.63, 3.8) is 0 Å². The van der Waals surface area contributed by atoms with Gasteiger partial charge in [0.15, 0.2) is 0 Å². The summed E-state index contributed by atoms with van der Waals surface area (Å²) in [4.78, 5) is 9.44. The number of rotatable bonds is 4. The Kier molecular flexibility index (Phi) is 3.34. The third kappa shape index (κ3) is 2.47. The van der Waals surface area contributed by atoms with Crippen molar-refractivity contribution in [3.8, 4) is 0 Å². The SMILES string of the molecule is CNCc1cnc(C2CCCS2)nc1C1CC1. The lowest BCUT2D eigenvalue weighted by atomic mass is 10.1. The van der Waals surface area contributed by atoms with Gasteiger partial charge in [0, 0.05) is 24.2 Å². The van der Waals surface area contributed by atoms with Crippen LogP contribution in [0.25, 0.3) is 0 Å². The third-order valence-corrected chi connectivity index (χ3v) is 4.84. The molecule has 92 valence electrons. The van der Waals surface area contributed by atoms with E-state index in [-0.39, 0.29) is 0 Å². The Bertz CT molecular complexity index is 398. The minimum Gasteiger partial charge on any atom is -0.316 e. The van der Waals surface area contributed by atoms with Crippen LogP contribution in [0.1, 0.15) is 53.9 Å². The van der Waals surface area contributed by atoms with Gasteiger partial charge in [-0.15, -0.1) is 0 Å². The fourth-order valence-corrected chi connectivity index (χ4v) is 3.62. The average Bonchev–Trinajstić information content (AvgIpc) is 3.05. The standard InChI is InChI=1S/C13H19N3S/c1-14-7-10-8-15-13(11-3-2-6-17-11)16-12(10)9-4-5-9/h8-9,11,14H,2-7H2,1H3. The monoisotopic (exact) mass is 249 g/mol. The first-order valence-corrected chi connectivity index (χ1v) is 7.55. The van der Waals surface area contributed by atoms with Crippen molar-refractivity contribution in [1.82, 2.24) is 15.3 Å². The van der Waals surface area contributed by atoms with Gasteiger partial charge in [0.25, 0.3) is 0 Å². The topological polar surface area (TPSA) is 37.8 Å². The molecule has 17 heavy (non-hydrogen) atoms. The molecule has 1 aromatic heterocycles. The summed E-state index contributed by atoms with van der Waals surface area (Å²) < 4.78 is 0. The molecule has 1 aliphatic carbocycles. The number of hydrogen-bond acceptors (Lipinski definition) is 4. The molecule has 3 rings (SSSR count). The van der Waals surface area contributed by atoms with Gasteiger partial charge in [0.1, 0.15) is 5.82 Å². The predicted molar refractivity (Wildman–Crippen MR) is 71.2 cm³/mol. The molecule has 1 aromatic rings. The summed E-state index contributed by atoms with van der Waals surface area (Å²) in [5.41, 5.74) is 2.61. The van der Waals surface area contributed by atoms with Crippen molar-refractivity contribution in [2.45, 2.75) is 43.4 Å². The molecule has 1 atom stereocenters. The van der Waals surface area contributed by atoms with Gasteiger partial charge in [0.05, 0.1) is 10.9 Å². The lowest BCUT2D eigenvalue weighted by molar-refractivity contribution is 0.735. The molecule has 0 amide bonds. The Morgan fingerprint density at radius 1 is 1.41 bits per heavy atom. The van der Waals surface area contributed by atoms with Gasteiger partial charge in [-0.3, -0.25) is 0 Å². The first-order chi connectivity index (χ1) is 8.38. The van der Waals surface area contributed by atoms with Crippen LogP contribution in [0.3, 0.4) is 0 Å². The molecule has 1 unspecified atom stereocenters. The van der Waals surface area contributed by atoms with Gasteiger partial charge in [-0.25, -0.2) is 9.97 Å². The molecule has 2 aliphatic rings. The van der Waals surface area contributed by atoms with Crippen molar-refractivity contribution < 1.29 is 0 Å². The van der Waals surface area contributed by atoms with E-state index in [1.807, 2.05) is 25.0 Å². The molecule has 3 nitrogen and oxygen atoms in total. The summed E-state index contributed by atoms with van der Waals surface area (Å²) in [6, 6.07) is 0. The normalized spacial score (nSPS) is 24.2. The smallest absolute Gasteiger partial charge is 0.141 e. The number of thioether (sulfide) groups is 1. The predicted octanol–water partition coefficient (Wildman–Crippen LogP) is 2.64. The lowest BCUT2D eigenvalue weighted by Gasteiger charge is -2.12. The van der Waals surface area contributed by atoms with E-state index < -0.39 is 0 Å². The maximum absolute atomic E-state index is 4.86. The summed E-state index contributed by atoms with van der Waals surface area (Å²) in [5, 5.41) is 3.76. The van der Waals surface area contributed by atoms with E-state index in [4.69, 9.17) is 4.98 Å². The molecule has 1 saturated carbocycles. The highest BCUT2D eigenvalue weighted by Gasteiger charge is 2.29. The van der Waals surface area contributed by atoms with Crippen LogP contribution in [0.15, 0.2) is 6.20 Å². The molecule has 1 N–H and O–H groups in total. The van der Waals surface area contributed by atoms with Gasteiger partial charge < -0.3 is 5.32 Å². The quantitative estimate of drug-likeness (QED) is 0.890. The Morgan fingerprint density at radius 3 is 2.94 bits per heavy atom. The third-order valence-electron chi connectivity index (χ3n) is 3.47. The summed E-state index contributed by atoms with van der Waals surface area (Å²) in [7, 11) is 1.98. The average molecular weight is 249 g/mol.